The van der Waals surface area contributed by atoms with Crippen molar-refractivity contribution in [2.24, 2.45) is 0 Å². The zero-order chi connectivity index (χ0) is 13.0. The number of hydrogen-bond donors (Lipinski definition) is 2. The molecule has 0 radical (unpaired) electrons. The SMILES string of the molecule is CN(C)c1ccc(NCc2cccc(O)c2)cc1. The quantitative estimate of drug-likeness (QED) is 0.865. The zero-order valence-corrected chi connectivity index (χ0v) is 10.7. The number of aromatic hydroxyl groups is 1. The average Bonchev–Trinajstić information content (AvgIpc) is 2.37. The highest BCUT2D eigenvalue weighted by atomic mass is 16.3. The van der Waals surface area contributed by atoms with Gasteiger partial charge in [0.15, 0.2) is 0 Å². The van der Waals surface area contributed by atoms with Gasteiger partial charge in [-0.15, -0.1) is 0 Å². The van der Waals surface area contributed by atoms with Gasteiger partial charge < -0.3 is 15.3 Å². The second kappa shape index (κ2) is 5.45. The van der Waals surface area contributed by atoms with E-state index in [1.54, 1.807) is 12.1 Å². The number of phenolic OH excluding ortho intramolecular Hbond substituents is 1. The predicted molar refractivity (Wildman–Crippen MR) is 76.2 cm³/mol. The first-order valence-electron chi connectivity index (χ1n) is 5.94. The van der Waals surface area contributed by atoms with Crippen molar-refractivity contribution in [3.8, 4) is 5.75 Å². The summed E-state index contributed by atoms with van der Waals surface area (Å²) in [5, 5.41) is 12.7. The van der Waals surface area contributed by atoms with Gasteiger partial charge in [0, 0.05) is 32.0 Å². The van der Waals surface area contributed by atoms with Crippen molar-refractivity contribution in [2.75, 3.05) is 24.3 Å². The Morgan fingerprint density at radius 1 is 1.06 bits per heavy atom. The van der Waals surface area contributed by atoms with E-state index in [1.807, 2.05) is 26.2 Å². The lowest BCUT2D eigenvalue weighted by atomic mass is 10.2. The molecule has 3 nitrogen and oxygen atoms in total. The van der Waals surface area contributed by atoms with E-state index in [4.69, 9.17) is 0 Å². The van der Waals surface area contributed by atoms with Crippen LogP contribution in [0, 0.1) is 0 Å². The van der Waals surface area contributed by atoms with E-state index in [0.29, 0.717) is 12.3 Å². The molecule has 0 aromatic heterocycles. The van der Waals surface area contributed by atoms with E-state index in [1.165, 1.54) is 5.69 Å². The van der Waals surface area contributed by atoms with Crippen LogP contribution in [0.25, 0.3) is 0 Å². The van der Waals surface area contributed by atoms with Crippen LogP contribution in [0.5, 0.6) is 5.75 Å². The largest absolute Gasteiger partial charge is 0.508 e. The molecule has 0 heterocycles. The van der Waals surface area contributed by atoms with Crippen molar-refractivity contribution in [2.45, 2.75) is 6.54 Å². The second-order valence-corrected chi connectivity index (χ2v) is 4.46. The lowest BCUT2D eigenvalue weighted by Crippen LogP contribution is -2.08. The molecule has 94 valence electrons. The molecule has 0 aliphatic heterocycles. The Morgan fingerprint density at radius 2 is 1.78 bits per heavy atom. The Bertz CT molecular complexity index is 506. The number of rotatable bonds is 4. The van der Waals surface area contributed by atoms with Gasteiger partial charge in [-0.25, -0.2) is 0 Å². The Morgan fingerprint density at radius 3 is 2.39 bits per heavy atom. The monoisotopic (exact) mass is 242 g/mol. The van der Waals surface area contributed by atoms with Crippen molar-refractivity contribution < 1.29 is 5.11 Å². The molecule has 2 aromatic rings. The minimum atomic E-state index is 0.303. The van der Waals surface area contributed by atoms with E-state index >= 15 is 0 Å². The molecule has 0 aliphatic rings. The van der Waals surface area contributed by atoms with Crippen LogP contribution >= 0.6 is 0 Å². The highest BCUT2D eigenvalue weighted by Gasteiger charge is 1.97. The highest BCUT2D eigenvalue weighted by Crippen LogP contribution is 2.17. The summed E-state index contributed by atoms with van der Waals surface area (Å²) in [6.45, 7) is 0.704. The fourth-order valence-corrected chi connectivity index (χ4v) is 1.75. The Kier molecular flexibility index (Phi) is 3.72. The maximum atomic E-state index is 9.37. The average molecular weight is 242 g/mol. The summed E-state index contributed by atoms with van der Waals surface area (Å²) in [7, 11) is 4.05. The van der Waals surface area contributed by atoms with Gasteiger partial charge in [0.05, 0.1) is 0 Å². The molecular formula is C15H18N2O. The smallest absolute Gasteiger partial charge is 0.115 e. The second-order valence-electron chi connectivity index (χ2n) is 4.46. The molecule has 2 rings (SSSR count). The van der Waals surface area contributed by atoms with Gasteiger partial charge in [-0.3, -0.25) is 0 Å². The van der Waals surface area contributed by atoms with Gasteiger partial charge in [-0.05, 0) is 42.0 Å². The van der Waals surface area contributed by atoms with Crippen LogP contribution in [0.4, 0.5) is 11.4 Å². The molecule has 2 aromatic carbocycles. The molecule has 18 heavy (non-hydrogen) atoms. The zero-order valence-electron chi connectivity index (χ0n) is 10.7. The third kappa shape index (κ3) is 3.17. The van der Waals surface area contributed by atoms with Gasteiger partial charge >= 0.3 is 0 Å². The molecule has 2 N–H and O–H groups in total. The van der Waals surface area contributed by atoms with Crippen molar-refractivity contribution in [3.05, 3.63) is 54.1 Å². The van der Waals surface area contributed by atoms with E-state index in [0.717, 1.165) is 11.3 Å². The molecular weight excluding hydrogens is 224 g/mol. The summed E-state index contributed by atoms with van der Waals surface area (Å²) in [6.07, 6.45) is 0. The normalized spacial score (nSPS) is 10.1. The number of anilines is 2. The van der Waals surface area contributed by atoms with E-state index in [-0.39, 0.29) is 0 Å². The van der Waals surface area contributed by atoms with Crippen molar-refractivity contribution in [3.63, 3.8) is 0 Å². The minimum absolute atomic E-state index is 0.303. The number of nitrogens with one attached hydrogen (secondary N) is 1. The third-order valence-electron chi connectivity index (χ3n) is 2.79. The first kappa shape index (κ1) is 12.3. The van der Waals surface area contributed by atoms with Crippen molar-refractivity contribution in [1.29, 1.82) is 0 Å². The Hall–Kier alpha value is -2.16. The number of benzene rings is 2. The molecule has 3 heteroatoms. The first-order valence-corrected chi connectivity index (χ1v) is 5.94. The summed E-state index contributed by atoms with van der Waals surface area (Å²) in [5.41, 5.74) is 3.31. The maximum Gasteiger partial charge on any atom is 0.115 e. The Balaban J connectivity index is 1.98. The molecule has 0 spiro atoms. The summed E-state index contributed by atoms with van der Waals surface area (Å²) in [4.78, 5) is 2.07. The molecule has 0 fully saturated rings. The molecule has 0 saturated heterocycles. The molecule has 0 saturated carbocycles. The minimum Gasteiger partial charge on any atom is -0.508 e. The summed E-state index contributed by atoms with van der Waals surface area (Å²) < 4.78 is 0. The predicted octanol–water partition coefficient (Wildman–Crippen LogP) is 3.07. The highest BCUT2D eigenvalue weighted by molar-refractivity contribution is 5.54. The first-order chi connectivity index (χ1) is 8.65. The Labute approximate surface area is 108 Å². The fraction of sp³-hybridized carbons (Fsp3) is 0.200. The van der Waals surface area contributed by atoms with Crippen LogP contribution in [0.2, 0.25) is 0 Å². The van der Waals surface area contributed by atoms with Gasteiger partial charge in [-0.2, -0.15) is 0 Å². The van der Waals surface area contributed by atoms with Crippen LogP contribution in [-0.4, -0.2) is 19.2 Å². The van der Waals surface area contributed by atoms with Gasteiger partial charge in [-0.1, -0.05) is 12.1 Å². The van der Waals surface area contributed by atoms with Crippen LogP contribution < -0.4 is 10.2 Å². The lowest BCUT2D eigenvalue weighted by Gasteiger charge is -2.13. The fourth-order valence-electron chi connectivity index (χ4n) is 1.75. The topological polar surface area (TPSA) is 35.5 Å². The lowest BCUT2D eigenvalue weighted by molar-refractivity contribution is 0.474. The number of phenols is 1. The summed E-state index contributed by atoms with van der Waals surface area (Å²) >= 11 is 0. The molecule has 0 bridgehead atoms. The van der Waals surface area contributed by atoms with Crippen LogP contribution in [0.3, 0.4) is 0 Å². The maximum absolute atomic E-state index is 9.37. The van der Waals surface area contributed by atoms with E-state index in [2.05, 4.69) is 34.5 Å². The molecule has 0 unspecified atom stereocenters. The van der Waals surface area contributed by atoms with E-state index in [9.17, 15) is 5.11 Å². The van der Waals surface area contributed by atoms with Crippen molar-refractivity contribution in [1.82, 2.24) is 0 Å². The van der Waals surface area contributed by atoms with Gasteiger partial charge in [0.2, 0.25) is 0 Å². The molecule has 0 atom stereocenters. The third-order valence-corrected chi connectivity index (χ3v) is 2.79. The van der Waals surface area contributed by atoms with Gasteiger partial charge in [0.1, 0.15) is 5.75 Å². The summed E-state index contributed by atoms with van der Waals surface area (Å²) in [6, 6.07) is 15.5. The molecule has 0 aliphatic carbocycles. The standard InChI is InChI=1S/C15H18N2O/c1-17(2)14-8-6-13(7-9-14)16-11-12-4-3-5-15(18)10-12/h3-10,16,18H,11H2,1-2H3. The van der Waals surface area contributed by atoms with Crippen molar-refractivity contribution >= 4 is 11.4 Å². The number of nitrogens with zero attached hydrogens (tertiary/aromatic N) is 1. The molecule has 0 amide bonds. The van der Waals surface area contributed by atoms with E-state index < -0.39 is 0 Å². The van der Waals surface area contributed by atoms with Crippen LogP contribution in [-0.2, 0) is 6.54 Å². The van der Waals surface area contributed by atoms with Crippen LogP contribution in [0.15, 0.2) is 48.5 Å². The summed E-state index contributed by atoms with van der Waals surface area (Å²) in [5.74, 6) is 0.303. The number of hydrogen-bond acceptors (Lipinski definition) is 3. The van der Waals surface area contributed by atoms with Crippen LogP contribution in [0.1, 0.15) is 5.56 Å². The van der Waals surface area contributed by atoms with Gasteiger partial charge in [0.25, 0.3) is 0 Å².